The van der Waals surface area contributed by atoms with E-state index in [0.29, 0.717) is 17.3 Å². The largest absolute Gasteiger partial charge is 0.370 e. The number of likely N-dealkylation sites (N-methyl/N-ethyl adjacent to an activating group) is 1. The molecule has 2 atom stereocenters. The summed E-state index contributed by atoms with van der Waals surface area (Å²) >= 11 is 0. The minimum atomic E-state index is -0.695. The maximum Gasteiger partial charge on any atom is 0.237 e. The van der Waals surface area contributed by atoms with Crippen LogP contribution >= 0.6 is 0 Å². The van der Waals surface area contributed by atoms with Crippen LogP contribution in [0.3, 0.4) is 0 Å². The van der Waals surface area contributed by atoms with Crippen molar-refractivity contribution in [3.63, 3.8) is 0 Å². The summed E-state index contributed by atoms with van der Waals surface area (Å²) in [6.45, 7) is 8.70. The van der Waals surface area contributed by atoms with Gasteiger partial charge in [-0.2, -0.15) is 0 Å². The Hall–Kier alpha value is -2.73. The average Bonchev–Trinajstić information content (AvgIpc) is 3.33. The molecule has 2 aromatic rings. The first kappa shape index (κ1) is 19.6. The summed E-state index contributed by atoms with van der Waals surface area (Å²) in [7, 11) is 0. The molecule has 4 rings (SSSR count). The van der Waals surface area contributed by atoms with E-state index in [1.165, 1.54) is 24.4 Å². The van der Waals surface area contributed by atoms with Crippen molar-refractivity contribution in [3.05, 3.63) is 53.8 Å². The van der Waals surface area contributed by atoms with Crippen LogP contribution in [0.25, 0.3) is 0 Å². The van der Waals surface area contributed by atoms with Crippen molar-refractivity contribution >= 4 is 29.2 Å². The second-order valence-corrected chi connectivity index (χ2v) is 7.57. The van der Waals surface area contributed by atoms with Crippen molar-refractivity contribution in [2.45, 2.75) is 32.2 Å². The first-order chi connectivity index (χ1) is 14.1. The van der Waals surface area contributed by atoms with Crippen LogP contribution in [0.4, 0.5) is 21.5 Å². The Kier molecular flexibility index (Phi) is 5.62. The molecule has 1 saturated heterocycles. The molecule has 2 aliphatic rings. The highest BCUT2D eigenvalue weighted by atomic mass is 19.1. The number of rotatable bonds is 6. The van der Waals surface area contributed by atoms with Gasteiger partial charge in [0, 0.05) is 42.3 Å². The van der Waals surface area contributed by atoms with E-state index in [0.717, 1.165) is 31.9 Å². The Bertz CT molecular complexity index is 908. The van der Waals surface area contributed by atoms with Gasteiger partial charge in [0.2, 0.25) is 5.91 Å². The summed E-state index contributed by atoms with van der Waals surface area (Å²) in [5.74, 6) is -1.33. The molecule has 1 N–H and O–H groups in total. The number of hydrogen-bond donors (Lipinski definition) is 1. The van der Waals surface area contributed by atoms with Crippen molar-refractivity contribution < 1.29 is 9.18 Å². The van der Waals surface area contributed by atoms with E-state index in [1.54, 1.807) is 12.1 Å². The van der Waals surface area contributed by atoms with E-state index in [4.69, 9.17) is 0 Å². The highest BCUT2D eigenvalue weighted by molar-refractivity contribution is 6.12. The molecule has 152 valence electrons. The van der Waals surface area contributed by atoms with Crippen molar-refractivity contribution in [3.8, 4) is 0 Å². The van der Waals surface area contributed by atoms with Crippen molar-refractivity contribution in [1.29, 1.82) is 0 Å². The molecule has 6 heteroatoms. The third kappa shape index (κ3) is 3.90. The first-order valence-electron chi connectivity index (χ1n) is 10.3. The summed E-state index contributed by atoms with van der Waals surface area (Å²) in [5, 5.41) is 2.71. The lowest BCUT2D eigenvalue weighted by atomic mass is 10.0. The molecule has 0 saturated carbocycles. The Morgan fingerprint density at radius 2 is 1.97 bits per heavy atom. The third-order valence-electron chi connectivity index (χ3n) is 5.98. The van der Waals surface area contributed by atoms with Gasteiger partial charge in [0.15, 0.2) is 0 Å². The zero-order valence-electron chi connectivity index (χ0n) is 16.9. The highest BCUT2D eigenvalue weighted by Gasteiger charge is 2.32. The van der Waals surface area contributed by atoms with Gasteiger partial charge in [-0.25, -0.2) is 4.39 Å². The van der Waals surface area contributed by atoms with E-state index in [2.05, 4.69) is 46.1 Å². The van der Waals surface area contributed by atoms with Crippen LogP contribution in [-0.4, -0.2) is 49.2 Å². The quantitative estimate of drug-likeness (QED) is 0.748. The lowest BCUT2D eigenvalue weighted by Crippen LogP contribution is -2.37. The molecule has 0 radical (unpaired) electrons. The van der Waals surface area contributed by atoms with Crippen molar-refractivity contribution in [2.75, 3.05) is 36.4 Å². The maximum atomic E-state index is 14.1. The molecule has 2 unspecified atom stereocenters. The summed E-state index contributed by atoms with van der Waals surface area (Å²) in [5.41, 5.74) is 2.84. The summed E-state index contributed by atoms with van der Waals surface area (Å²) in [6, 6.07) is 13.3. The van der Waals surface area contributed by atoms with Crippen LogP contribution in [0.2, 0.25) is 0 Å². The zero-order chi connectivity index (χ0) is 20.4. The zero-order valence-corrected chi connectivity index (χ0v) is 16.9. The number of carbonyl (C=O) groups is 1. The number of anilines is 2. The number of amides is 1. The van der Waals surface area contributed by atoms with E-state index in [9.17, 15) is 9.18 Å². The number of benzene rings is 2. The van der Waals surface area contributed by atoms with Crippen LogP contribution in [0.5, 0.6) is 0 Å². The second-order valence-electron chi connectivity index (χ2n) is 7.57. The molecule has 0 aromatic heterocycles. The van der Waals surface area contributed by atoms with Gasteiger partial charge in [-0.1, -0.05) is 19.9 Å². The third-order valence-corrected chi connectivity index (χ3v) is 5.98. The molecule has 2 aromatic carbocycles. The van der Waals surface area contributed by atoms with Crippen LogP contribution < -0.4 is 10.2 Å². The summed E-state index contributed by atoms with van der Waals surface area (Å²) in [4.78, 5) is 21.6. The topological polar surface area (TPSA) is 47.9 Å². The fourth-order valence-electron chi connectivity index (χ4n) is 4.37. The number of halogens is 1. The normalized spacial score (nSPS) is 21.2. The number of nitrogens with one attached hydrogen (secondary N) is 1. The molecular formula is C23H27FN4O. The molecule has 2 heterocycles. The Labute approximate surface area is 171 Å². The molecule has 5 nitrogen and oxygen atoms in total. The molecular weight excluding hydrogens is 367 g/mol. The van der Waals surface area contributed by atoms with Crippen LogP contribution in [0.15, 0.2) is 47.5 Å². The average molecular weight is 394 g/mol. The SMILES string of the molecule is CCN(CC)C1CCN(c2ccc(N=CC3C(=O)Nc4cccc(F)c43)cc2)C1. The molecule has 1 amide bonds. The lowest BCUT2D eigenvalue weighted by Gasteiger charge is -2.26. The number of hydrogen-bond acceptors (Lipinski definition) is 4. The van der Waals surface area contributed by atoms with E-state index in [1.807, 2.05) is 12.1 Å². The standard InChI is InChI=1S/C23H27FN4O/c1-3-27(4-2)18-12-13-28(15-18)17-10-8-16(9-11-17)25-14-19-22-20(24)6-5-7-21(22)26-23(19)29/h5-11,14,18-19H,3-4,12-13,15H2,1-2H3,(H,26,29). The Morgan fingerprint density at radius 1 is 1.21 bits per heavy atom. The van der Waals surface area contributed by atoms with Gasteiger partial charge in [0.25, 0.3) is 0 Å². The Balaban J connectivity index is 1.44. The molecule has 2 aliphatic heterocycles. The van der Waals surface area contributed by atoms with Crippen molar-refractivity contribution in [2.24, 2.45) is 4.99 Å². The molecule has 0 bridgehead atoms. The minimum Gasteiger partial charge on any atom is -0.370 e. The van der Waals surface area contributed by atoms with Crippen LogP contribution in [0, 0.1) is 5.82 Å². The first-order valence-corrected chi connectivity index (χ1v) is 10.3. The van der Waals surface area contributed by atoms with E-state index in [-0.39, 0.29) is 11.7 Å². The highest BCUT2D eigenvalue weighted by Crippen LogP contribution is 2.34. The van der Waals surface area contributed by atoms with Gasteiger partial charge < -0.3 is 10.2 Å². The predicted octanol–water partition coefficient (Wildman–Crippen LogP) is 4.18. The van der Waals surface area contributed by atoms with Gasteiger partial charge in [0.1, 0.15) is 11.7 Å². The van der Waals surface area contributed by atoms with E-state index < -0.39 is 5.92 Å². The summed E-state index contributed by atoms with van der Waals surface area (Å²) in [6.07, 6.45) is 2.72. The molecule has 0 spiro atoms. The minimum absolute atomic E-state index is 0.245. The van der Waals surface area contributed by atoms with Crippen LogP contribution in [-0.2, 0) is 4.79 Å². The maximum absolute atomic E-state index is 14.1. The molecule has 1 fully saturated rings. The van der Waals surface area contributed by atoms with Gasteiger partial charge >= 0.3 is 0 Å². The fraction of sp³-hybridized carbons (Fsp3) is 0.391. The van der Waals surface area contributed by atoms with Gasteiger partial charge in [-0.05, 0) is 55.9 Å². The molecule has 0 aliphatic carbocycles. The van der Waals surface area contributed by atoms with Crippen molar-refractivity contribution in [1.82, 2.24) is 4.90 Å². The lowest BCUT2D eigenvalue weighted by molar-refractivity contribution is -0.115. The summed E-state index contributed by atoms with van der Waals surface area (Å²) < 4.78 is 14.1. The van der Waals surface area contributed by atoms with Gasteiger partial charge in [0.05, 0.1) is 5.69 Å². The number of aliphatic imine (C=N–C) groups is 1. The smallest absolute Gasteiger partial charge is 0.237 e. The Morgan fingerprint density at radius 3 is 2.69 bits per heavy atom. The number of carbonyl (C=O) groups excluding carboxylic acids is 1. The van der Waals surface area contributed by atoms with Crippen LogP contribution in [0.1, 0.15) is 31.7 Å². The van der Waals surface area contributed by atoms with E-state index >= 15 is 0 Å². The predicted molar refractivity (Wildman–Crippen MR) is 116 cm³/mol. The fourth-order valence-corrected chi connectivity index (χ4v) is 4.37. The monoisotopic (exact) mass is 394 g/mol. The number of nitrogens with zero attached hydrogens (tertiary/aromatic N) is 3. The van der Waals surface area contributed by atoms with Gasteiger partial charge in [-0.3, -0.25) is 14.7 Å². The van der Waals surface area contributed by atoms with Gasteiger partial charge in [-0.15, -0.1) is 0 Å². The number of fused-ring (bicyclic) bond motifs is 1. The second kappa shape index (κ2) is 8.33. The molecule has 29 heavy (non-hydrogen) atoms.